The van der Waals surface area contributed by atoms with Gasteiger partial charge in [0.25, 0.3) is 0 Å². The average Bonchev–Trinajstić information content (AvgIpc) is 3.19. The molecule has 1 saturated heterocycles. The molecule has 1 aromatic heterocycles. The lowest BCUT2D eigenvalue weighted by molar-refractivity contribution is -0.0667. The smallest absolute Gasteiger partial charge is 0.411 e. The number of nitrogens with one attached hydrogen (secondary N) is 1. The van der Waals surface area contributed by atoms with Crippen molar-refractivity contribution in [2.75, 3.05) is 25.6 Å². The fourth-order valence-corrected chi connectivity index (χ4v) is 3.81. The normalized spacial score (nSPS) is 23.4. The molecule has 2 aliphatic rings. The Morgan fingerprint density at radius 1 is 1.26 bits per heavy atom. The van der Waals surface area contributed by atoms with Crippen LogP contribution in [0.2, 0.25) is 0 Å². The van der Waals surface area contributed by atoms with Gasteiger partial charge in [-0.2, -0.15) is 5.10 Å². The third kappa shape index (κ3) is 3.78. The first-order valence-corrected chi connectivity index (χ1v) is 9.52. The maximum absolute atomic E-state index is 13.6. The van der Waals surface area contributed by atoms with Gasteiger partial charge in [0, 0.05) is 31.1 Å². The summed E-state index contributed by atoms with van der Waals surface area (Å²) in [6.07, 6.45) is -0.412. The Morgan fingerprint density at radius 2 is 1.97 bits per heavy atom. The highest BCUT2D eigenvalue weighted by molar-refractivity contribution is 5.90. The second kappa shape index (κ2) is 8.10. The van der Waals surface area contributed by atoms with E-state index >= 15 is 0 Å². The lowest BCUT2D eigenvalue weighted by Gasteiger charge is -2.46. The van der Waals surface area contributed by atoms with Crippen molar-refractivity contribution in [3.63, 3.8) is 0 Å². The van der Waals surface area contributed by atoms with Gasteiger partial charge in [0.05, 0.1) is 24.8 Å². The zero-order chi connectivity index (χ0) is 22.3. The molecule has 0 radical (unpaired) electrons. The van der Waals surface area contributed by atoms with Crippen LogP contribution in [0.15, 0.2) is 24.4 Å². The molecule has 2 aromatic rings. The van der Waals surface area contributed by atoms with Crippen molar-refractivity contribution in [2.24, 2.45) is 0 Å². The van der Waals surface area contributed by atoms with E-state index in [4.69, 9.17) is 9.47 Å². The van der Waals surface area contributed by atoms with E-state index in [1.54, 1.807) is 23.9 Å². The molecule has 0 saturated carbocycles. The number of anilines is 1. The van der Waals surface area contributed by atoms with Gasteiger partial charge in [-0.15, -0.1) is 0 Å². The first kappa shape index (κ1) is 21.0. The third-order valence-corrected chi connectivity index (χ3v) is 5.32. The summed E-state index contributed by atoms with van der Waals surface area (Å²) in [5.41, 5.74) is 0.292. The van der Waals surface area contributed by atoms with Gasteiger partial charge in [-0.05, 0) is 13.0 Å². The summed E-state index contributed by atoms with van der Waals surface area (Å²) in [4.78, 5) is 28.4. The summed E-state index contributed by atoms with van der Waals surface area (Å²) in [7, 11) is 1.48. The van der Waals surface area contributed by atoms with E-state index in [1.807, 2.05) is 0 Å². The third-order valence-electron chi connectivity index (χ3n) is 5.32. The van der Waals surface area contributed by atoms with E-state index in [9.17, 15) is 22.8 Å². The monoisotopic (exact) mass is 439 g/mol. The number of hydrogen-bond donors (Lipinski definition) is 1. The van der Waals surface area contributed by atoms with Crippen LogP contribution >= 0.6 is 0 Å². The second-order valence-corrected chi connectivity index (χ2v) is 7.34. The molecule has 0 spiro atoms. The summed E-state index contributed by atoms with van der Waals surface area (Å²) in [5, 5.41) is 6.62. The molecule has 2 aliphatic heterocycles. The molecule has 166 valence electrons. The molecule has 1 N–H and O–H groups in total. The van der Waals surface area contributed by atoms with Crippen LogP contribution in [0.3, 0.4) is 0 Å². The first-order chi connectivity index (χ1) is 14.8. The van der Waals surface area contributed by atoms with Crippen LogP contribution in [0.1, 0.15) is 18.8 Å². The summed E-state index contributed by atoms with van der Waals surface area (Å²) < 4.78 is 52.6. The van der Waals surface area contributed by atoms with Crippen LogP contribution in [-0.4, -0.2) is 64.1 Å². The second-order valence-electron chi connectivity index (χ2n) is 7.34. The van der Waals surface area contributed by atoms with Crippen LogP contribution in [0, 0.1) is 17.5 Å². The molecular weight excluding hydrogens is 419 g/mol. The number of urea groups is 1. The maximum atomic E-state index is 13.6. The number of amides is 3. The van der Waals surface area contributed by atoms with E-state index in [2.05, 4.69) is 10.4 Å². The summed E-state index contributed by atoms with van der Waals surface area (Å²) in [6, 6.07) is 1.84. The van der Waals surface area contributed by atoms with Crippen LogP contribution in [0.5, 0.6) is 0 Å². The molecule has 3 atom stereocenters. The van der Waals surface area contributed by atoms with Crippen molar-refractivity contribution in [1.82, 2.24) is 19.6 Å². The lowest BCUT2D eigenvalue weighted by atomic mass is 10.1. The Hall–Kier alpha value is -3.28. The van der Waals surface area contributed by atoms with Crippen LogP contribution < -0.4 is 5.32 Å². The van der Waals surface area contributed by atoms with Gasteiger partial charge in [-0.1, -0.05) is 0 Å². The summed E-state index contributed by atoms with van der Waals surface area (Å²) >= 11 is 0. The molecule has 3 amide bonds. The minimum atomic E-state index is -1.63. The Kier molecular flexibility index (Phi) is 5.48. The molecule has 9 nitrogen and oxygen atoms in total. The fourth-order valence-electron chi connectivity index (χ4n) is 3.81. The first-order valence-electron chi connectivity index (χ1n) is 9.52. The maximum Gasteiger partial charge on any atom is 0.411 e. The van der Waals surface area contributed by atoms with Crippen molar-refractivity contribution in [3.8, 4) is 0 Å². The minimum Gasteiger partial charge on any atom is -0.447 e. The van der Waals surface area contributed by atoms with E-state index in [-0.39, 0.29) is 18.8 Å². The Morgan fingerprint density at radius 3 is 2.65 bits per heavy atom. The van der Waals surface area contributed by atoms with Crippen LogP contribution in [0.25, 0.3) is 0 Å². The van der Waals surface area contributed by atoms with Gasteiger partial charge >= 0.3 is 12.1 Å². The quantitative estimate of drug-likeness (QED) is 0.743. The molecule has 1 aromatic carbocycles. The summed E-state index contributed by atoms with van der Waals surface area (Å²) in [6.45, 7) is 2.30. The number of rotatable bonds is 3. The highest BCUT2D eigenvalue weighted by Crippen LogP contribution is 2.34. The molecule has 3 heterocycles. The zero-order valence-electron chi connectivity index (χ0n) is 16.7. The number of ether oxygens (including phenoxy) is 2. The lowest BCUT2D eigenvalue weighted by Crippen LogP contribution is -2.59. The molecule has 0 bridgehead atoms. The highest BCUT2D eigenvalue weighted by atomic mass is 19.2. The van der Waals surface area contributed by atoms with Gasteiger partial charge in [-0.25, -0.2) is 22.8 Å². The Bertz CT molecular complexity index is 993. The Balaban J connectivity index is 1.68. The number of fused-ring (bicyclic) bond motifs is 1. The minimum absolute atomic E-state index is 0.0771. The number of carbonyl (C=O) groups is 2. The number of benzene rings is 1. The fraction of sp³-hybridized carbons (Fsp3) is 0.421. The predicted molar refractivity (Wildman–Crippen MR) is 100 cm³/mol. The molecule has 1 fully saturated rings. The van der Waals surface area contributed by atoms with Gasteiger partial charge < -0.3 is 14.8 Å². The van der Waals surface area contributed by atoms with Crippen LogP contribution in [0.4, 0.5) is 28.4 Å². The number of hydrogen-bond acceptors (Lipinski definition) is 5. The molecule has 31 heavy (non-hydrogen) atoms. The molecule has 2 unspecified atom stereocenters. The summed E-state index contributed by atoms with van der Waals surface area (Å²) in [5.74, 6) is -4.49. The molecule has 0 aliphatic carbocycles. The Labute approximate surface area is 175 Å². The van der Waals surface area contributed by atoms with Gasteiger partial charge in [0.15, 0.2) is 23.6 Å². The van der Waals surface area contributed by atoms with Gasteiger partial charge in [0.1, 0.15) is 12.7 Å². The van der Waals surface area contributed by atoms with Crippen molar-refractivity contribution in [3.05, 3.63) is 47.5 Å². The van der Waals surface area contributed by atoms with Crippen molar-refractivity contribution < 1.29 is 32.2 Å². The topological polar surface area (TPSA) is 88.9 Å². The van der Waals surface area contributed by atoms with E-state index in [1.165, 1.54) is 16.9 Å². The van der Waals surface area contributed by atoms with Crippen molar-refractivity contribution >= 4 is 17.8 Å². The van der Waals surface area contributed by atoms with Gasteiger partial charge in [-0.3, -0.25) is 14.5 Å². The molecule has 4 rings (SSSR count). The number of methoxy groups -OCH3 is 1. The number of cyclic esters (lactones) is 1. The van der Waals surface area contributed by atoms with E-state index in [0.717, 1.165) is 0 Å². The van der Waals surface area contributed by atoms with Crippen LogP contribution in [-0.2, 0) is 16.0 Å². The van der Waals surface area contributed by atoms with Crippen molar-refractivity contribution in [1.29, 1.82) is 0 Å². The van der Waals surface area contributed by atoms with E-state index in [0.29, 0.717) is 24.4 Å². The predicted octanol–water partition coefficient (Wildman–Crippen LogP) is 2.70. The standard InChI is InChI=1S/C19H20F3N5O4/c1-10-7-26-15(3-4-23-26)17(25-8-12(30-2)9-31-19(25)29)27(10)18(28)24-11-5-13(20)16(22)14(21)6-11/h3-6,10,12,17H,7-9H2,1-2H3,(H,24,28)/t10?,12-,17?/m0/s1. The number of nitrogens with zero attached hydrogens (tertiary/aromatic N) is 4. The number of halogens is 3. The average molecular weight is 439 g/mol. The molecule has 12 heteroatoms. The number of aromatic nitrogens is 2. The van der Waals surface area contributed by atoms with Crippen molar-refractivity contribution in [2.45, 2.75) is 31.8 Å². The molecular formula is C19H20F3N5O4. The SMILES string of the molecule is CO[C@@H]1COC(=O)N(C2c3ccnn3CC(C)N2C(=O)Nc2cc(F)c(F)c(F)c2)C1. The largest absolute Gasteiger partial charge is 0.447 e. The van der Waals surface area contributed by atoms with E-state index < -0.39 is 47.9 Å². The highest BCUT2D eigenvalue weighted by Gasteiger charge is 2.44. The van der Waals surface area contributed by atoms with Gasteiger partial charge in [0.2, 0.25) is 0 Å². The zero-order valence-corrected chi connectivity index (χ0v) is 16.7. The number of carbonyl (C=O) groups excluding carboxylic acids is 2.